The van der Waals surface area contributed by atoms with Gasteiger partial charge in [-0.3, -0.25) is 9.59 Å². The number of nitrogens with one attached hydrogen (secondary N) is 2. The molecule has 2 rings (SSSR count). The number of para-hydroxylation sites is 2. The summed E-state index contributed by atoms with van der Waals surface area (Å²) in [5.74, 6) is -0.702. The molecule has 2 aromatic rings. The minimum Gasteiger partial charge on any atom is -0.330 e. The monoisotopic (exact) mass is 389 g/mol. The van der Waals surface area contributed by atoms with Crippen molar-refractivity contribution in [1.82, 2.24) is 0 Å². The molecule has 0 aliphatic carbocycles. The van der Waals surface area contributed by atoms with E-state index in [1.165, 1.54) is 0 Å². The average Bonchev–Trinajstić information content (AvgIpc) is 2.61. The Labute approximate surface area is 167 Å². The number of hydrogen-bond acceptors (Lipinski definition) is 3. The number of carbonyl (C=O) groups is 2. The number of benzene rings is 2. The van der Waals surface area contributed by atoms with Crippen molar-refractivity contribution in [2.75, 3.05) is 17.2 Å². The number of anilines is 2. The Morgan fingerprint density at radius 3 is 1.96 bits per heavy atom. The normalized spacial score (nSPS) is 11.9. The highest BCUT2D eigenvalue weighted by Gasteiger charge is 2.16. The molecule has 0 aliphatic heterocycles. The smallest absolute Gasteiger partial charge is 0.255 e. The highest BCUT2D eigenvalue weighted by atomic mass is 35.5. The molecule has 0 spiro atoms. The van der Waals surface area contributed by atoms with Gasteiger partial charge in [-0.15, -0.1) is 12.4 Å². The van der Waals surface area contributed by atoms with E-state index < -0.39 is 0 Å². The van der Waals surface area contributed by atoms with Gasteiger partial charge in [-0.25, -0.2) is 0 Å². The van der Waals surface area contributed by atoms with Gasteiger partial charge in [0.15, 0.2) is 0 Å². The third-order valence-electron chi connectivity index (χ3n) is 4.25. The molecular weight excluding hydrogens is 362 g/mol. The second kappa shape index (κ2) is 9.53. The SMILES string of the molecule is CC(CN)C(=O)Nc1ccccc1NC(=O)c1ccc(C(C)(C)C)cc1.Cl. The number of hydrogen-bond donors (Lipinski definition) is 3. The molecule has 27 heavy (non-hydrogen) atoms. The Morgan fingerprint density at radius 2 is 1.48 bits per heavy atom. The molecule has 0 aromatic heterocycles. The Hall–Kier alpha value is -2.37. The summed E-state index contributed by atoms with van der Waals surface area (Å²) in [5, 5.41) is 5.68. The molecule has 0 aliphatic rings. The molecule has 2 aromatic carbocycles. The quantitative estimate of drug-likeness (QED) is 0.716. The summed E-state index contributed by atoms with van der Waals surface area (Å²) in [7, 11) is 0. The zero-order chi connectivity index (χ0) is 19.3. The zero-order valence-corrected chi connectivity index (χ0v) is 17.0. The maximum Gasteiger partial charge on any atom is 0.255 e. The van der Waals surface area contributed by atoms with Crippen LogP contribution in [0.1, 0.15) is 43.6 Å². The van der Waals surface area contributed by atoms with Crippen LogP contribution < -0.4 is 16.4 Å². The molecule has 6 heteroatoms. The first-order valence-corrected chi connectivity index (χ1v) is 8.74. The van der Waals surface area contributed by atoms with E-state index in [1.807, 2.05) is 24.3 Å². The van der Waals surface area contributed by atoms with Crippen LogP contribution in [-0.4, -0.2) is 18.4 Å². The molecule has 0 radical (unpaired) electrons. The van der Waals surface area contributed by atoms with Gasteiger partial charge in [0, 0.05) is 18.0 Å². The van der Waals surface area contributed by atoms with Gasteiger partial charge in [-0.1, -0.05) is 52.0 Å². The molecular formula is C21H28ClN3O2. The predicted octanol–water partition coefficient (Wildman–Crippen LogP) is 4.19. The Morgan fingerprint density at radius 1 is 0.963 bits per heavy atom. The second-order valence-electron chi connectivity index (χ2n) is 7.45. The minimum absolute atomic E-state index is 0. The van der Waals surface area contributed by atoms with E-state index in [0.717, 1.165) is 5.56 Å². The van der Waals surface area contributed by atoms with Crippen LogP contribution in [0.5, 0.6) is 0 Å². The summed E-state index contributed by atoms with van der Waals surface area (Å²) in [6.07, 6.45) is 0. The van der Waals surface area contributed by atoms with Crippen molar-refractivity contribution in [3.63, 3.8) is 0 Å². The van der Waals surface area contributed by atoms with E-state index >= 15 is 0 Å². The van der Waals surface area contributed by atoms with Crippen LogP contribution in [-0.2, 0) is 10.2 Å². The first-order valence-electron chi connectivity index (χ1n) is 8.74. The van der Waals surface area contributed by atoms with Crippen molar-refractivity contribution in [2.24, 2.45) is 11.7 Å². The van der Waals surface area contributed by atoms with Gasteiger partial charge in [0.05, 0.1) is 11.4 Å². The first-order chi connectivity index (χ1) is 12.2. The standard InChI is InChI=1S/C21H27N3O2.ClH/c1-14(13-22)19(25)23-17-7-5-6-8-18(17)24-20(26)15-9-11-16(12-10-15)21(2,3)4;/h5-12,14H,13,22H2,1-4H3,(H,23,25)(H,24,26);1H. The Balaban J connectivity index is 0.00000364. The lowest BCUT2D eigenvalue weighted by Gasteiger charge is -2.19. The lowest BCUT2D eigenvalue weighted by Crippen LogP contribution is -2.27. The van der Waals surface area contributed by atoms with Gasteiger partial charge in [0.2, 0.25) is 5.91 Å². The van der Waals surface area contributed by atoms with Crippen LogP contribution in [0.3, 0.4) is 0 Å². The molecule has 0 fully saturated rings. The van der Waals surface area contributed by atoms with Crippen molar-refractivity contribution >= 4 is 35.6 Å². The number of amides is 2. The van der Waals surface area contributed by atoms with E-state index in [1.54, 1.807) is 31.2 Å². The van der Waals surface area contributed by atoms with Crippen LogP contribution >= 0.6 is 12.4 Å². The largest absolute Gasteiger partial charge is 0.330 e. The van der Waals surface area contributed by atoms with E-state index in [-0.39, 0.29) is 42.1 Å². The molecule has 0 bridgehead atoms. The lowest BCUT2D eigenvalue weighted by molar-refractivity contribution is -0.119. The van der Waals surface area contributed by atoms with E-state index in [0.29, 0.717) is 16.9 Å². The van der Waals surface area contributed by atoms with Gasteiger partial charge in [-0.05, 0) is 35.2 Å². The van der Waals surface area contributed by atoms with Gasteiger partial charge < -0.3 is 16.4 Å². The van der Waals surface area contributed by atoms with E-state index in [2.05, 4.69) is 31.4 Å². The molecule has 2 amide bonds. The van der Waals surface area contributed by atoms with Crippen LogP contribution in [0.4, 0.5) is 11.4 Å². The minimum atomic E-state index is -0.302. The number of rotatable bonds is 5. The predicted molar refractivity (Wildman–Crippen MR) is 114 cm³/mol. The summed E-state index contributed by atoms with van der Waals surface area (Å²) in [6.45, 7) is 8.41. The van der Waals surface area contributed by atoms with E-state index in [9.17, 15) is 9.59 Å². The van der Waals surface area contributed by atoms with Crippen LogP contribution in [0.25, 0.3) is 0 Å². The highest BCUT2D eigenvalue weighted by Crippen LogP contribution is 2.24. The molecule has 0 heterocycles. The molecule has 0 saturated carbocycles. The van der Waals surface area contributed by atoms with Crippen molar-refractivity contribution in [2.45, 2.75) is 33.1 Å². The topological polar surface area (TPSA) is 84.2 Å². The fourth-order valence-corrected chi connectivity index (χ4v) is 2.38. The lowest BCUT2D eigenvalue weighted by atomic mass is 9.87. The van der Waals surface area contributed by atoms with Crippen molar-refractivity contribution in [1.29, 1.82) is 0 Å². The van der Waals surface area contributed by atoms with Crippen LogP contribution in [0.2, 0.25) is 0 Å². The van der Waals surface area contributed by atoms with Gasteiger partial charge >= 0.3 is 0 Å². The van der Waals surface area contributed by atoms with Crippen molar-refractivity contribution < 1.29 is 9.59 Å². The second-order valence-corrected chi connectivity index (χ2v) is 7.45. The molecule has 5 nitrogen and oxygen atoms in total. The summed E-state index contributed by atoms with van der Waals surface area (Å²) in [4.78, 5) is 24.6. The molecule has 4 N–H and O–H groups in total. The fraction of sp³-hybridized carbons (Fsp3) is 0.333. The maximum atomic E-state index is 12.6. The Kier molecular flexibility index (Phi) is 8.00. The maximum absolute atomic E-state index is 12.6. The summed E-state index contributed by atoms with van der Waals surface area (Å²) in [6, 6.07) is 14.7. The summed E-state index contributed by atoms with van der Waals surface area (Å²) < 4.78 is 0. The van der Waals surface area contributed by atoms with Crippen molar-refractivity contribution in [3.05, 3.63) is 59.7 Å². The third-order valence-corrected chi connectivity index (χ3v) is 4.25. The van der Waals surface area contributed by atoms with Crippen LogP contribution in [0, 0.1) is 5.92 Å². The van der Waals surface area contributed by atoms with Gasteiger partial charge in [-0.2, -0.15) is 0 Å². The van der Waals surface area contributed by atoms with Gasteiger partial charge in [0.25, 0.3) is 5.91 Å². The van der Waals surface area contributed by atoms with Crippen LogP contribution in [0.15, 0.2) is 48.5 Å². The Bertz CT molecular complexity index is 783. The highest BCUT2D eigenvalue weighted by molar-refractivity contribution is 6.07. The first kappa shape index (κ1) is 22.7. The third kappa shape index (κ3) is 6.08. The van der Waals surface area contributed by atoms with E-state index in [4.69, 9.17) is 5.73 Å². The van der Waals surface area contributed by atoms with Gasteiger partial charge in [0.1, 0.15) is 0 Å². The molecule has 0 saturated heterocycles. The fourth-order valence-electron chi connectivity index (χ4n) is 2.38. The average molecular weight is 390 g/mol. The number of halogens is 1. The summed E-state index contributed by atoms with van der Waals surface area (Å²) >= 11 is 0. The molecule has 1 atom stereocenters. The van der Waals surface area contributed by atoms with Crippen molar-refractivity contribution in [3.8, 4) is 0 Å². The summed E-state index contributed by atoms with van der Waals surface area (Å²) in [5.41, 5.74) is 8.40. The zero-order valence-electron chi connectivity index (χ0n) is 16.2. The number of nitrogens with two attached hydrogens (primary N) is 1. The number of carbonyl (C=O) groups excluding carboxylic acids is 2. The molecule has 146 valence electrons. The molecule has 1 unspecified atom stereocenters.